The van der Waals surface area contributed by atoms with Crippen LogP contribution in [-0.4, -0.2) is 37.3 Å². The van der Waals surface area contributed by atoms with Gasteiger partial charge in [0.1, 0.15) is 10.7 Å². The Balaban J connectivity index is 1.58. The van der Waals surface area contributed by atoms with Crippen molar-refractivity contribution in [3.05, 3.63) is 41.0 Å². The van der Waals surface area contributed by atoms with E-state index in [1.807, 2.05) is 36.5 Å². The second kappa shape index (κ2) is 5.86. The van der Waals surface area contributed by atoms with Crippen molar-refractivity contribution in [2.75, 3.05) is 6.54 Å². The number of carbonyl (C=O) groups is 1. The lowest BCUT2D eigenvalue weighted by molar-refractivity contribution is 0.0709. The largest absolute Gasteiger partial charge is 0.359 e. The van der Waals surface area contributed by atoms with Crippen molar-refractivity contribution in [3.63, 3.8) is 0 Å². The van der Waals surface area contributed by atoms with Crippen LogP contribution in [0.5, 0.6) is 0 Å². The molecule has 0 spiro atoms. The predicted molar refractivity (Wildman–Crippen MR) is 88.6 cm³/mol. The van der Waals surface area contributed by atoms with Crippen LogP contribution in [0.2, 0.25) is 0 Å². The fourth-order valence-corrected chi connectivity index (χ4v) is 3.80. The minimum atomic E-state index is -0.0575. The molecular weight excluding hydrogens is 326 g/mol. The molecule has 1 atom stereocenters. The lowest BCUT2D eigenvalue weighted by atomic mass is 10.1. The molecule has 3 aromatic heterocycles. The summed E-state index contributed by atoms with van der Waals surface area (Å²) in [4.78, 5) is 19.2. The lowest BCUT2D eigenvalue weighted by Crippen LogP contribution is -2.30. The fourth-order valence-electron chi connectivity index (χ4n) is 3.03. The molecular formula is C16H17N5O2S. The third-order valence-corrected chi connectivity index (χ3v) is 5.05. The van der Waals surface area contributed by atoms with Gasteiger partial charge >= 0.3 is 0 Å². The first-order valence-electron chi connectivity index (χ1n) is 7.80. The second-order valence-corrected chi connectivity index (χ2v) is 6.83. The van der Waals surface area contributed by atoms with Gasteiger partial charge < -0.3 is 9.42 Å². The topological polar surface area (TPSA) is 77.0 Å². The molecule has 8 heteroatoms. The number of nitrogens with zero attached hydrogens (tertiary/aromatic N) is 5. The van der Waals surface area contributed by atoms with Crippen molar-refractivity contribution in [2.24, 2.45) is 7.05 Å². The van der Waals surface area contributed by atoms with Crippen molar-refractivity contribution < 1.29 is 9.32 Å². The van der Waals surface area contributed by atoms with E-state index in [1.165, 1.54) is 11.3 Å². The fraction of sp³-hybridized carbons (Fsp3) is 0.375. The zero-order chi connectivity index (χ0) is 16.7. The number of carbonyl (C=O) groups excluding carboxylic acids is 1. The summed E-state index contributed by atoms with van der Waals surface area (Å²) >= 11 is 1.46. The highest BCUT2D eigenvalue weighted by Gasteiger charge is 2.34. The predicted octanol–water partition coefficient (Wildman–Crippen LogP) is 2.82. The Morgan fingerprint density at radius 1 is 1.46 bits per heavy atom. The molecule has 7 nitrogen and oxygen atoms in total. The standard InChI is InChI=1S/C16H17N5O2S/c1-10-6-14(23-19-10)13-4-3-5-21(13)16(22)12-9-24-15(18-12)11-7-17-20(2)8-11/h6-9,13H,3-5H2,1-2H3. The van der Waals surface area contributed by atoms with Crippen molar-refractivity contribution in [1.82, 2.24) is 24.8 Å². The Hall–Kier alpha value is -2.48. The van der Waals surface area contributed by atoms with Gasteiger partial charge in [0.25, 0.3) is 5.91 Å². The Bertz CT molecular complexity index is 881. The number of amides is 1. The van der Waals surface area contributed by atoms with E-state index in [9.17, 15) is 4.79 Å². The molecule has 1 amide bonds. The number of rotatable bonds is 3. The van der Waals surface area contributed by atoms with Crippen LogP contribution in [0.4, 0.5) is 0 Å². The van der Waals surface area contributed by atoms with Crippen LogP contribution in [0.1, 0.15) is 40.8 Å². The molecule has 0 N–H and O–H groups in total. The molecule has 3 aromatic rings. The van der Waals surface area contributed by atoms with Crippen LogP contribution in [0.25, 0.3) is 10.6 Å². The molecule has 1 aliphatic rings. The highest BCUT2D eigenvalue weighted by Crippen LogP contribution is 2.34. The van der Waals surface area contributed by atoms with Crippen molar-refractivity contribution in [2.45, 2.75) is 25.8 Å². The average molecular weight is 343 g/mol. The van der Waals surface area contributed by atoms with Gasteiger partial charge in [0, 0.05) is 36.8 Å². The molecule has 1 unspecified atom stereocenters. The third kappa shape index (κ3) is 2.62. The molecule has 0 aromatic carbocycles. The highest BCUT2D eigenvalue weighted by molar-refractivity contribution is 7.13. The first-order chi connectivity index (χ1) is 11.6. The number of aromatic nitrogens is 4. The summed E-state index contributed by atoms with van der Waals surface area (Å²) in [6, 6.07) is 1.85. The molecule has 0 radical (unpaired) electrons. The molecule has 24 heavy (non-hydrogen) atoms. The first kappa shape index (κ1) is 15.1. The molecule has 0 aliphatic carbocycles. The van der Waals surface area contributed by atoms with Crippen molar-refractivity contribution in [3.8, 4) is 10.6 Å². The smallest absolute Gasteiger partial charge is 0.273 e. The van der Waals surface area contributed by atoms with E-state index in [0.29, 0.717) is 12.2 Å². The molecule has 1 aliphatic heterocycles. The second-order valence-electron chi connectivity index (χ2n) is 5.97. The van der Waals surface area contributed by atoms with Crippen LogP contribution in [0, 0.1) is 6.92 Å². The van der Waals surface area contributed by atoms with Gasteiger partial charge in [-0.15, -0.1) is 11.3 Å². The van der Waals surface area contributed by atoms with E-state index < -0.39 is 0 Å². The van der Waals surface area contributed by atoms with Crippen LogP contribution in [0.15, 0.2) is 28.4 Å². The normalized spacial score (nSPS) is 17.6. The SMILES string of the molecule is Cc1cc(C2CCCN2C(=O)c2csc(-c3cnn(C)c3)n2)on1. The van der Waals surface area contributed by atoms with Crippen LogP contribution >= 0.6 is 11.3 Å². The quantitative estimate of drug-likeness (QED) is 0.731. The maximum absolute atomic E-state index is 12.9. The van der Waals surface area contributed by atoms with E-state index in [-0.39, 0.29) is 11.9 Å². The average Bonchev–Trinajstić information content (AvgIpc) is 3.33. The van der Waals surface area contributed by atoms with E-state index in [0.717, 1.165) is 34.9 Å². The molecule has 4 rings (SSSR count). The van der Waals surface area contributed by atoms with Crippen molar-refractivity contribution >= 4 is 17.2 Å². The maximum Gasteiger partial charge on any atom is 0.273 e. The lowest BCUT2D eigenvalue weighted by Gasteiger charge is -2.21. The van der Waals surface area contributed by atoms with Gasteiger partial charge in [0.2, 0.25) is 0 Å². The molecule has 1 fully saturated rings. The Morgan fingerprint density at radius 3 is 3.04 bits per heavy atom. The summed E-state index contributed by atoms with van der Waals surface area (Å²) in [7, 11) is 1.86. The summed E-state index contributed by atoms with van der Waals surface area (Å²) in [6.07, 6.45) is 5.49. The van der Waals surface area contributed by atoms with E-state index >= 15 is 0 Å². The van der Waals surface area contributed by atoms with Crippen molar-refractivity contribution in [1.29, 1.82) is 0 Å². The number of hydrogen-bond donors (Lipinski definition) is 0. The Labute approximate surface area is 142 Å². The van der Waals surface area contributed by atoms with Gasteiger partial charge in [-0.1, -0.05) is 5.16 Å². The van der Waals surface area contributed by atoms with E-state index in [1.54, 1.807) is 10.9 Å². The Kier molecular flexibility index (Phi) is 3.68. The minimum Gasteiger partial charge on any atom is -0.359 e. The third-order valence-electron chi connectivity index (χ3n) is 4.16. The minimum absolute atomic E-state index is 0.0535. The van der Waals surface area contributed by atoms with Gasteiger partial charge in [-0.3, -0.25) is 9.48 Å². The molecule has 1 saturated heterocycles. The zero-order valence-corrected chi connectivity index (χ0v) is 14.3. The monoisotopic (exact) mass is 343 g/mol. The molecule has 0 saturated carbocycles. The summed E-state index contributed by atoms with van der Waals surface area (Å²) in [5.74, 6) is 0.694. The zero-order valence-electron chi connectivity index (χ0n) is 13.5. The van der Waals surface area contributed by atoms with Crippen LogP contribution in [0.3, 0.4) is 0 Å². The summed E-state index contributed by atoms with van der Waals surface area (Å²) in [5, 5.41) is 10.7. The summed E-state index contributed by atoms with van der Waals surface area (Å²) in [5.41, 5.74) is 2.23. The number of likely N-dealkylation sites (tertiary alicyclic amines) is 1. The van der Waals surface area contributed by atoms with E-state index in [2.05, 4.69) is 15.2 Å². The van der Waals surface area contributed by atoms with Gasteiger partial charge in [-0.25, -0.2) is 4.98 Å². The van der Waals surface area contributed by atoms with Crippen LogP contribution in [-0.2, 0) is 7.05 Å². The molecule has 0 bridgehead atoms. The number of hydrogen-bond acceptors (Lipinski definition) is 6. The van der Waals surface area contributed by atoms with Gasteiger partial charge in [0.15, 0.2) is 5.76 Å². The maximum atomic E-state index is 12.9. The summed E-state index contributed by atoms with van der Waals surface area (Å²) in [6.45, 7) is 2.59. The van der Waals surface area contributed by atoms with Crippen LogP contribution < -0.4 is 0 Å². The van der Waals surface area contributed by atoms with Gasteiger partial charge in [-0.2, -0.15) is 5.10 Å². The first-order valence-corrected chi connectivity index (χ1v) is 8.68. The highest BCUT2D eigenvalue weighted by atomic mass is 32.1. The van der Waals surface area contributed by atoms with E-state index in [4.69, 9.17) is 4.52 Å². The summed E-state index contributed by atoms with van der Waals surface area (Å²) < 4.78 is 7.09. The van der Waals surface area contributed by atoms with Gasteiger partial charge in [0.05, 0.1) is 17.9 Å². The molecule has 124 valence electrons. The number of aryl methyl sites for hydroxylation is 2. The van der Waals surface area contributed by atoms with Gasteiger partial charge in [-0.05, 0) is 19.8 Å². The molecule has 4 heterocycles. The Morgan fingerprint density at radius 2 is 2.33 bits per heavy atom. The number of thiazole rings is 1.